The number of aliphatic hydroxyl groups excluding tert-OH is 1. The van der Waals surface area contributed by atoms with Crippen molar-refractivity contribution in [1.29, 1.82) is 0 Å². The third-order valence-corrected chi connectivity index (χ3v) is 4.03. The summed E-state index contributed by atoms with van der Waals surface area (Å²) in [5.41, 5.74) is 0. The van der Waals surface area contributed by atoms with E-state index in [2.05, 4.69) is 10.0 Å². The van der Waals surface area contributed by atoms with Gasteiger partial charge in [-0.15, -0.1) is 24.0 Å². The van der Waals surface area contributed by atoms with Crippen molar-refractivity contribution >= 4 is 34.2 Å². The molecule has 0 bridgehead atoms. The highest BCUT2D eigenvalue weighted by molar-refractivity contribution is 7.87. The van der Waals surface area contributed by atoms with Crippen LogP contribution in [0.4, 0.5) is 0 Å². The number of alkyl halides is 1. The molecule has 0 spiro atoms. The van der Waals surface area contributed by atoms with Gasteiger partial charge in [-0.1, -0.05) is 0 Å². The van der Waals surface area contributed by atoms with Gasteiger partial charge in [-0.05, 0) is 0 Å². The van der Waals surface area contributed by atoms with Crippen LogP contribution in [-0.4, -0.2) is 62.5 Å². The van der Waals surface area contributed by atoms with Crippen molar-refractivity contribution in [3.05, 3.63) is 0 Å². The van der Waals surface area contributed by atoms with Gasteiger partial charge in [-0.3, -0.25) is 0 Å². The van der Waals surface area contributed by atoms with E-state index in [4.69, 9.17) is 16.7 Å². The molecule has 16 heavy (non-hydrogen) atoms. The number of nitrogens with zero attached hydrogens (tertiary/aromatic N) is 1. The average Bonchev–Trinajstić information content (AvgIpc) is 2.27. The standard InChI is InChI=1S/C7H16ClN3O3S.ClH/c8-5-7(12)6-10-15(13,14)11-3-1-9-2-4-11;/h7,9-10,12H,1-6H2;1H. The molecule has 1 rings (SSSR count). The van der Waals surface area contributed by atoms with Gasteiger partial charge in [0, 0.05) is 38.6 Å². The molecular formula is C7H17Cl2N3O3S. The SMILES string of the molecule is Cl.O=S(=O)(NCC(O)CCl)N1CCNCC1. The Morgan fingerprint density at radius 1 is 1.44 bits per heavy atom. The second kappa shape index (κ2) is 7.65. The summed E-state index contributed by atoms with van der Waals surface area (Å²) in [5.74, 6) is 0.0179. The summed E-state index contributed by atoms with van der Waals surface area (Å²) >= 11 is 5.36. The molecule has 0 saturated carbocycles. The van der Waals surface area contributed by atoms with E-state index in [1.807, 2.05) is 0 Å². The predicted molar refractivity (Wildman–Crippen MR) is 65.3 cm³/mol. The summed E-state index contributed by atoms with van der Waals surface area (Å²) in [5, 5.41) is 12.2. The van der Waals surface area contributed by atoms with Crippen LogP contribution < -0.4 is 10.0 Å². The molecule has 6 nitrogen and oxygen atoms in total. The van der Waals surface area contributed by atoms with Gasteiger partial charge in [0.2, 0.25) is 0 Å². The van der Waals surface area contributed by atoms with Crippen LogP contribution in [0.3, 0.4) is 0 Å². The highest BCUT2D eigenvalue weighted by atomic mass is 35.5. The lowest BCUT2D eigenvalue weighted by Gasteiger charge is -2.26. The molecule has 98 valence electrons. The van der Waals surface area contributed by atoms with Crippen LogP contribution in [0.2, 0.25) is 0 Å². The Morgan fingerprint density at radius 3 is 2.50 bits per heavy atom. The van der Waals surface area contributed by atoms with E-state index >= 15 is 0 Å². The zero-order valence-corrected chi connectivity index (χ0v) is 11.1. The van der Waals surface area contributed by atoms with Gasteiger partial charge >= 0.3 is 0 Å². The molecule has 3 N–H and O–H groups in total. The van der Waals surface area contributed by atoms with Gasteiger partial charge in [-0.2, -0.15) is 17.4 Å². The molecule has 0 aromatic heterocycles. The van der Waals surface area contributed by atoms with E-state index in [1.165, 1.54) is 4.31 Å². The maximum Gasteiger partial charge on any atom is 0.279 e. The summed E-state index contributed by atoms with van der Waals surface area (Å²) in [6, 6.07) is 0. The first-order chi connectivity index (χ1) is 7.06. The zero-order chi connectivity index (χ0) is 11.3. The minimum Gasteiger partial charge on any atom is -0.391 e. The van der Waals surface area contributed by atoms with Crippen molar-refractivity contribution in [3.63, 3.8) is 0 Å². The summed E-state index contributed by atoms with van der Waals surface area (Å²) in [6.07, 6.45) is -0.843. The summed E-state index contributed by atoms with van der Waals surface area (Å²) in [4.78, 5) is 0. The Labute approximate surface area is 107 Å². The maximum atomic E-state index is 11.6. The fourth-order valence-electron chi connectivity index (χ4n) is 1.23. The molecular weight excluding hydrogens is 277 g/mol. The first kappa shape index (κ1) is 16.4. The van der Waals surface area contributed by atoms with Gasteiger partial charge in [-0.25, -0.2) is 0 Å². The Hall–Kier alpha value is 0.370. The number of aliphatic hydroxyl groups is 1. The van der Waals surface area contributed by atoms with Crippen LogP contribution in [0.25, 0.3) is 0 Å². The fraction of sp³-hybridized carbons (Fsp3) is 1.00. The molecule has 1 saturated heterocycles. The van der Waals surface area contributed by atoms with Gasteiger partial charge in [0.15, 0.2) is 0 Å². The van der Waals surface area contributed by atoms with Gasteiger partial charge in [0.1, 0.15) is 0 Å². The van der Waals surface area contributed by atoms with Crippen LogP contribution in [-0.2, 0) is 10.2 Å². The topological polar surface area (TPSA) is 81.7 Å². The van der Waals surface area contributed by atoms with Crippen LogP contribution in [0.5, 0.6) is 0 Å². The zero-order valence-electron chi connectivity index (χ0n) is 8.73. The molecule has 1 unspecified atom stereocenters. The molecule has 0 aliphatic carbocycles. The number of rotatable bonds is 5. The molecule has 1 fully saturated rings. The van der Waals surface area contributed by atoms with Crippen molar-refractivity contribution in [3.8, 4) is 0 Å². The van der Waals surface area contributed by atoms with E-state index in [0.29, 0.717) is 26.2 Å². The lowest BCUT2D eigenvalue weighted by Crippen LogP contribution is -2.51. The number of hydrogen-bond donors (Lipinski definition) is 3. The quantitative estimate of drug-likeness (QED) is 0.553. The van der Waals surface area contributed by atoms with Gasteiger partial charge in [0.05, 0.1) is 6.10 Å². The van der Waals surface area contributed by atoms with Crippen molar-refractivity contribution in [2.24, 2.45) is 0 Å². The Balaban J connectivity index is 0.00000225. The van der Waals surface area contributed by atoms with Crippen LogP contribution in [0.1, 0.15) is 0 Å². The molecule has 9 heteroatoms. The largest absolute Gasteiger partial charge is 0.391 e. The highest BCUT2D eigenvalue weighted by Crippen LogP contribution is 2.00. The Bertz CT molecular complexity index is 283. The van der Waals surface area contributed by atoms with E-state index in [0.717, 1.165) is 0 Å². The van der Waals surface area contributed by atoms with E-state index in [-0.39, 0.29) is 24.8 Å². The van der Waals surface area contributed by atoms with E-state index in [9.17, 15) is 8.42 Å². The van der Waals surface area contributed by atoms with Crippen molar-refractivity contribution in [1.82, 2.24) is 14.3 Å². The van der Waals surface area contributed by atoms with Crippen molar-refractivity contribution in [2.45, 2.75) is 6.10 Å². The van der Waals surface area contributed by atoms with Crippen molar-refractivity contribution < 1.29 is 13.5 Å². The third kappa shape index (κ3) is 5.13. The first-order valence-electron chi connectivity index (χ1n) is 4.76. The predicted octanol–water partition coefficient (Wildman–Crippen LogP) is -1.25. The summed E-state index contributed by atoms with van der Waals surface area (Å²) in [7, 11) is -3.46. The number of halogens is 2. The normalized spacial score (nSPS) is 20.1. The molecule has 0 aromatic rings. The molecule has 0 amide bonds. The van der Waals surface area contributed by atoms with Crippen LogP contribution in [0.15, 0.2) is 0 Å². The smallest absolute Gasteiger partial charge is 0.279 e. The second-order valence-electron chi connectivity index (χ2n) is 3.31. The van der Waals surface area contributed by atoms with Crippen LogP contribution >= 0.6 is 24.0 Å². The highest BCUT2D eigenvalue weighted by Gasteiger charge is 2.23. The second-order valence-corrected chi connectivity index (χ2v) is 5.37. The molecule has 1 atom stereocenters. The van der Waals surface area contributed by atoms with Gasteiger partial charge < -0.3 is 10.4 Å². The van der Waals surface area contributed by atoms with Crippen molar-refractivity contribution in [2.75, 3.05) is 38.6 Å². The third-order valence-electron chi connectivity index (χ3n) is 2.10. The monoisotopic (exact) mass is 293 g/mol. The van der Waals surface area contributed by atoms with E-state index < -0.39 is 16.3 Å². The maximum absolute atomic E-state index is 11.6. The molecule has 0 aromatic carbocycles. The molecule has 0 radical (unpaired) electrons. The van der Waals surface area contributed by atoms with E-state index in [1.54, 1.807) is 0 Å². The minimum atomic E-state index is -3.46. The summed E-state index contributed by atoms with van der Waals surface area (Å²) in [6.45, 7) is 2.16. The Morgan fingerprint density at radius 2 is 2.00 bits per heavy atom. The number of piperazine rings is 1. The summed E-state index contributed by atoms with van der Waals surface area (Å²) < 4.78 is 26.9. The average molecular weight is 294 g/mol. The van der Waals surface area contributed by atoms with Crippen LogP contribution in [0, 0.1) is 0 Å². The number of hydrogen-bond acceptors (Lipinski definition) is 4. The number of nitrogens with one attached hydrogen (secondary N) is 2. The Kier molecular flexibility index (Phi) is 7.83. The first-order valence-corrected chi connectivity index (χ1v) is 6.73. The molecule has 1 aliphatic heterocycles. The van der Waals surface area contributed by atoms with Gasteiger partial charge in [0.25, 0.3) is 10.2 Å². The molecule has 1 heterocycles. The minimum absolute atomic E-state index is 0. The lowest BCUT2D eigenvalue weighted by atomic mass is 10.4. The fourth-order valence-corrected chi connectivity index (χ4v) is 2.59. The molecule has 1 aliphatic rings. The lowest BCUT2D eigenvalue weighted by molar-refractivity contribution is 0.200.